The topological polar surface area (TPSA) is 58.2 Å². The molecule has 18 heavy (non-hydrogen) atoms. The Balaban J connectivity index is 0.00000162. The maximum atomic E-state index is 11.1. The van der Waals surface area contributed by atoms with Crippen LogP contribution in [0, 0.1) is 0 Å². The molecule has 0 radical (unpaired) electrons. The summed E-state index contributed by atoms with van der Waals surface area (Å²) in [5, 5.41) is 3.34. The van der Waals surface area contributed by atoms with E-state index in [0.717, 1.165) is 32.2 Å². The molecule has 0 atom stereocenters. The van der Waals surface area contributed by atoms with E-state index in [1.54, 1.807) is 0 Å². The second kappa shape index (κ2) is 6.41. The van der Waals surface area contributed by atoms with Crippen LogP contribution in [0.25, 0.3) is 0 Å². The van der Waals surface area contributed by atoms with Crippen LogP contribution >= 0.6 is 12.4 Å². The highest BCUT2D eigenvalue weighted by Crippen LogP contribution is 2.26. The highest BCUT2D eigenvalue weighted by atomic mass is 35.5. The summed E-state index contributed by atoms with van der Waals surface area (Å²) >= 11 is 0. The zero-order valence-electron chi connectivity index (χ0n) is 10.3. The summed E-state index contributed by atoms with van der Waals surface area (Å²) in [5.41, 5.74) is 1.93. The highest BCUT2D eigenvalue weighted by molar-refractivity contribution is 7.92. The third-order valence-electron chi connectivity index (χ3n) is 3.02. The van der Waals surface area contributed by atoms with Crippen molar-refractivity contribution >= 4 is 28.1 Å². The van der Waals surface area contributed by atoms with Crippen molar-refractivity contribution in [3.05, 3.63) is 29.8 Å². The molecule has 102 valence electrons. The fourth-order valence-electron chi connectivity index (χ4n) is 2.19. The molecular formula is C12H19ClN2O2S. The van der Waals surface area contributed by atoms with E-state index in [1.807, 2.05) is 24.3 Å². The minimum atomic E-state index is -3.17. The molecule has 1 saturated heterocycles. The number of halogens is 1. The molecule has 0 unspecified atom stereocenters. The van der Waals surface area contributed by atoms with E-state index in [-0.39, 0.29) is 12.4 Å². The van der Waals surface area contributed by atoms with Gasteiger partial charge in [0.05, 0.1) is 6.26 Å². The Labute approximate surface area is 115 Å². The summed E-state index contributed by atoms with van der Waals surface area (Å²) in [4.78, 5) is 0. The largest absolute Gasteiger partial charge is 0.317 e. The van der Waals surface area contributed by atoms with Crippen LogP contribution in [0.3, 0.4) is 0 Å². The van der Waals surface area contributed by atoms with E-state index in [2.05, 4.69) is 10.0 Å². The maximum Gasteiger partial charge on any atom is 0.229 e. The molecule has 4 nitrogen and oxygen atoms in total. The molecule has 6 heteroatoms. The number of benzene rings is 1. The SMILES string of the molecule is CS(=O)(=O)Nc1ccc(C2CCNCC2)cc1.Cl. The second-order valence-corrected chi connectivity index (χ2v) is 6.27. The van der Waals surface area contributed by atoms with Crippen LogP contribution in [0.1, 0.15) is 24.3 Å². The van der Waals surface area contributed by atoms with E-state index < -0.39 is 10.0 Å². The van der Waals surface area contributed by atoms with Crippen LogP contribution in [0.2, 0.25) is 0 Å². The monoisotopic (exact) mass is 290 g/mol. The van der Waals surface area contributed by atoms with Gasteiger partial charge in [0.2, 0.25) is 10.0 Å². The van der Waals surface area contributed by atoms with Gasteiger partial charge < -0.3 is 5.32 Å². The first-order valence-corrected chi connectivity index (χ1v) is 7.72. The van der Waals surface area contributed by atoms with Gasteiger partial charge in [-0.25, -0.2) is 8.42 Å². The molecule has 2 N–H and O–H groups in total. The van der Waals surface area contributed by atoms with Gasteiger partial charge in [-0.1, -0.05) is 12.1 Å². The second-order valence-electron chi connectivity index (χ2n) is 4.52. The van der Waals surface area contributed by atoms with Gasteiger partial charge >= 0.3 is 0 Å². The summed E-state index contributed by atoms with van der Waals surface area (Å²) in [6, 6.07) is 7.70. The molecule has 1 heterocycles. The molecule has 0 spiro atoms. The van der Waals surface area contributed by atoms with Gasteiger partial charge in [-0.3, -0.25) is 4.72 Å². The lowest BCUT2D eigenvalue weighted by atomic mass is 9.90. The quantitative estimate of drug-likeness (QED) is 0.894. The zero-order chi connectivity index (χ0) is 12.3. The van der Waals surface area contributed by atoms with Gasteiger partial charge in [0, 0.05) is 5.69 Å². The minimum Gasteiger partial charge on any atom is -0.317 e. The van der Waals surface area contributed by atoms with Crippen molar-refractivity contribution in [1.29, 1.82) is 0 Å². The molecule has 1 aromatic rings. The third-order valence-corrected chi connectivity index (χ3v) is 3.63. The highest BCUT2D eigenvalue weighted by Gasteiger charge is 2.14. The molecule has 0 saturated carbocycles. The predicted octanol–water partition coefficient (Wildman–Crippen LogP) is 1.95. The summed E-state index contributed by atoms with van der Waals surface area (Å²) in [7, 11) is -3.17. The first kappa shape index (κ1) is 15.3. The van der Waals surface area contributed by atoms with Crippen LogP contribution in [0.5, 0.6) is 0 Å². The average Bonchev–Trinajstić information content (AvgIpc) is 2.29. The van der Waals surface area contributed by atoms with Gasteiger partial charge in [0.1, 0.15) is 0 Å². The van der Waals surface area contributed by atoms with Crippen LogP contribution in [0.15, 0.2) is 24.3 Å². The molecule has 0 aliphatic carbocycles. The van der Waals surface area contributed by atoms with E-state index in [9.17, 15) is 8.42 Å². The van der Waals surface area contributed by atoms with Gasteiger partial charge in [0.15, 0.2) is 0 Å². The lowest BCUT2D eigenvalue weighted by molar-refractivity contribution is 0.460. The normalized spacial score (nSPS) is 16.9. The van der Waals surface area contributed by atoms with Crippen molar-refractivity contribution in [2.75, 3.05) is 24.1 Å². The zero-order valence-corrected chi connectivity index (χ0v) is 12.0. The molecule has 1 fully saturated rings. The van der Waals surface area contributed by atoms with E-state index >= 15 is 0 Å². The Morgan fingerprint density at radius 3 is 2.22 bits per heavy atom. The minimum absolute atomic E-state index is 0. The fourth-order valence-corrected chi connectivity index (χ4v) is 2.76. The number of hydrogen-bond donors (Lipinski definition) is 2. The number of anilines is 1. The van der Waals surface area contributed by atoms with Crippen LogP contribution in [-0.2, 0) is 10.0 Å². The Morgan fingerprint density at radius 1 is 1.17 bits per heavy atom. The lowest BCUT2D eigenvalue weighted by Crippen LogP contribution is -2.26. The van der Waals surface area contributed by atoms with E-state index in [0.29, 0.717) is 11.6 Å². The number of sulfonamides is 1. The molecule has 1 aliphatic rings. The third kappa shape index (κ3) is 4.48. The van der Waals surface area contributed by atoms with Crippen molar-refractivity contribution in [3.63, 3.8) is 0 Å². The smallest absolute Gasteiger partial charge is 0.229 e. The Bertz CT molecular complexity index is 467. The van der Waals surface area contributed by atoms with Crippen molar-refractivity contribution in [2.45, 2.75) is 18.8 Å². The van der Waals surface area contributed by atoms with Crippen molar-refractivity contribution < 1.29 is 8.42 Å². The lowest BCUT2D eigenvalue weighted by Gasteiger charge is -2.23. The Morgan fingerprint density at radius 2 is 1.72 bits per heavy atom. The fraction of sp³-hybridized carbons (Fsp3) is 0.500. The summed E-state index contributed by atoms with van der Waals surface area (Å²) in [6.45, 7) is 2.13. The molecule has 0 aromatic heterocycles. The summed E-state index contributed by atoms with van der Waals surface area (Å²) < 4.78 is 24.6. The standard InChI is InChI=1S/C12H18N2O2S.ClH/c1-17(15,16)14-12-4-2-10(3-5-12)11-6-8-13-9-7-11;/h2-5,11,13-14H,6-9H2,1H3;1H. The number of nitrogens with one attached hydrogen (secondary N) is 2. The van der Waals surface area contributed by atoms with Crippen LogP contribution in [0.4, 0.5) is 5.69 Å². The van der Waals surface area contributed by atoms with Crippen molar-refractivity contribution in [2.24, 2.45) is 0 Å². The molecule has 1 aromatic carbocycles. The average molecular weight is 291 g/mol. The first-order valence-electron chi connectivity index (χ1n) is 5.83. The predicted molar refractivity (Wildman–Crippen MR) is 77.0 cm³/mol. The molecule has 0 amide bonds. The Hall–Kier alpha value is -0.780. The number of hydrogen-bond acceptors (Lipinski definition) is 3. The van der Waals surface area contributed by atoms with E-state index in [4.69, 9.17) is 0 Å². The van der Waals surface area contributed by atoms with Crippen molar-refractivity contribution in [1.82, 2.24) is 5.32 Å². The molecular weight excluding hydrogens is 272 g/mol. The molecule has 1 aliphatic heterocycles. The van der Waals surface area contributed by atoms with E-state index in [1.165, 1.54) is 5.56 Å². The maximum absolute atomic E-state index is 11.1. The molecule has 2 rings (SSSR count). The summed E-state index contributed by atoms with van der Waals surface area (Å²) in [6.07, 6.45) is 3.46. The molecule has 0 bridgehead atoms. The van der Waals surface area contributed by atoms with Crippen LogP contribution < -0.4 is 10.0 Å². The van der Waals surface area contributed by atoms with Gasteiger partial charge in [-0.2, -0.15) is 0 Å². The van der Waals surface area contributed by atoms with Gasteiger partial charge in [-0.05, 0) is 49.5 Å². The van der Waals surface area contributed by atoms with Crippen molar-refractivity contribution in [3.8, 4) is 0 Å². The first-order chi connectivity index (χ1) is 8.04. The van der Waals surface area contributed by atoms with Gasteiger partial charge in [-0.15, -0.1) is 12.4 Å². The number of piperidine rings is 1. The summed E-state index contributed by atoms with van der Waals surface area (Å²) in [5.74, 6) is 0.600. The van der Waals surface area contributed by atoms with Gasteiger partial charge in [0.25, 0.3) is 0 Å². The number of rotatable bonds is 3. The van der Waals surface area contributed by atoms with Crippen LogP contribution in [-0.4, -0.2) is 27.8 Å². The Kier molecular flexibility index (Phi) is 5.44.